The molecule has 0 saturated carbocycles. The molecule has 1 unspecified atom stereocenters. The third kappa shape index (κ3) is 2.58. The summed E-state index contributed by atoms with van der Waals surface area (Å²) in [6.45, 7) is 5.61. The van der Waals surface area contributed by atoms with Gasteiger partial charge >= 0.3 is 0 Å². The van der Waals surface area contributed by atoms with Crippen LogP contribution < -0.4 is 0 Å². The highest BCUT2D eigenvalue weighted by Crippen LogP contribution is 2.21. The number of rotatable bonds is 4. The number of hydrogen-bond donors (Lipinski definition) is 0. The number of hydrogen-bond acceptors (Lipinski definition) is 2. The van der Waals surface area contributed by atoms with Crippen LogP contribution in [0.15, 0.2) is 18.2 Å². The molecule has 2 rings (SSSR count). The average molecular weight is 232 g/mol. The first kappa shape index (κ1) is 12.3. The molecule has 0 radical (unpaired) electrons. The first-order valence-corrected chi connectivity index (χ1v) is 6.50. The Morgan fingerprint density at radius 3 is 2.65 bits per heavy atom. The van der Waals surface area contributed by atoms with Crippen LogP contribution in [0, 0.1) is 5.92 Å². The van der Waals surface area contributed by atoms with Crippen LogP contribution in [0.1, 0.15) is 41.8 Å². The highest BCUT2D eigenvalue weighted by molar-refractivity contribution is 5.98. The lowest BCUT2D eigenvalue weighted by Gasteiger charge is -2.11. The maximum absolute atomic E-state index is 12.2. The fourth-order valence-corrected chi connectivity index (χ4v) is 2.43. The van der Waals surface area contributed by atoms with Crippen molar-refractivity contribution in [3.8, 4) is 0 Å². The maximum atomic E-state index is 12.2. The first-order valence-electron chi connectivity index (χ1n) is 6.50. The molecule has 0 amide bonds. The molecular weight excluding hydrogens is 212 g/mol. The van der Waals surface area contributed by atoms with Gasteiger partial charge in [0.05, 0.1) is 6.61 Å². The van der Waals surface area contributed by atoms with Gasteiger partial charge in [-0.25, -0.2) is 0 Å². The molecule has 1 aromatic rings. The molecule has 1 heterocycles. The van der Waals surface area contributed by atoms with Gasteiger partial charge in [-0.05, 0) is 36.5 Å². The predicted molar refractivity (Wildman–Crippen MR) is 68.5 cm³/mol. The van der Waals surface area contributed by atoms with Gasteiger partial charge < -0.3 is 4.74 Å². The molecule has 1 aliphatic heterocycles. The molecule has 17 heavy (non-hydrogen) atoms. The largest absolute Gasteiger partial charge is 0.381 e. The Morgan fingerprint density at radius 2 is 2.06 bits per heavy atom. The zero-order valence-electron chi connectivity index (χ0n) is 10.7. The minimum atomic E-state index is 0.0761. The van der Waals surface area contributed by atoms with Crippen molar-refractivity contribution >= 4 is 5.78 Å². The standard InChI is InChI=1S/C15H20O2/c1-3-11-5-6-13(9-12(11)4-2)15(16)14-7-8-17-10-14/h5-6,9,14H,3-4,7-8,10H2,1-2H3. The number of ketones is 1. The zero-order valence-corrected chi connectivity index (χ0v) is 10.7. The summed E-state index contributed by atoms with van der Waals surface area (Å²) in [5, 5.41) is 0. The normalized spacial score (nSPS) is 19.5. The van der Waals surface area contributed by atoms with Crippen molar-refractivity contribution in [2.75, 3.05) is 13.2 Å². The van der Waals surface area contributed by atoms with E-state index in [-0.39, 0.29) is 11.7 Å². The summed E-state index contributed by atoms with van der Waals surface area (Å²) in [7, 11) is 0. The molecule has 1 saturated heterocycles. The average Bonchev–Trinajstić information content (AvgIpc) is 2.90. The molecule has 0 aliphatic carbocycles. The Kier molecular flexibility index (Phi) is 3.95. The second kappa shape index (κ2) is 5.46. The molecule has 1 atom stereocenters. The summed E-state index contributed by atoms with van der Waals surface area (Å²) < 4.78 is 5.28. The lowest BCUT2D eigenvalue weighted by atomic mass is 9.93. The first-order chi connectivity index (χ1) is 8.26. The van der Waals surface area contributed by atoms with Gasteiger partial charge in [0.1, 0.15) is 0 Å². The molecular formula is C15H20O2. The Morgan fingerprint density at radius 1 is 1.29 bits per heavy atom. The van der Waals surface area contributed by atoms with Crippen molar-refractivity contribution < 1.29 is 9.53 Å². The monoisotopic (exact) mass is 232 g/mol. The molecule has 1 aliphatic rings. The van der Waals surface area contributed by atoms with Crippen LogP contribution in [0.2, 0.25) is 0 Å². The van der Waals surface area contributed by atoms with E-state index in [1.165, 1.54) is 11.1 Å². The van der Waals surface area contributed by atoms with Gasteiger partial charge in [-0.1, -0.05) is 26.0 Å². The lowest BCUT2D eigenvalue weighted by molar-refractivity contribution is 0.0900. The van der Waals surface area contributed by atoms with Crippen molar-refractivity contribution in [2.24, 2.45) is 5.92 Å². The second-order valence-electron chi connectivity index (χ2n) is 4.62. The van der Waals surface area contributed by atoms with Gasteiger partial charge in [-0.3, -0.25) is 4.79 Å². The molecule has 0 spiro atoms. The molecule has 0 bridgehead atoms. The van der Waals surface area contributed by atoms with E-state index < -0.39 is 0 Å². The molecule has 2 heteroatoms. The fourth-order valence-electron chi connectivity index (χ4n) is 2.43. The lowest BCUT2D eigenvalue weighted by Crippen LogP contribution is -2.15. The van der Waals surface area contributed by atoms with Gasteiger partial charge in [0.25, 0.3) is 0 Å². The van der Waals surface area contributed by atoms with Gasteiger partial charge in [0.2, 0.25) is 0 Å². The molecule has 0 aromatic heterocycles. The van der Waals surface area contributed by atoms with Gasteiger partial charge in [0, 0.05) is 18.1 Å². The number of benzene rings is 1. The van der Waals surface area contributed by atoms with E-state index in [4.69, 9.17) is 4.74 Å². The van der Waals surface area contributed by atoms with E-state index >= 15 is 0 Å². The third-order valence-corrected chi connectivity index (χ3v) is 3.55. The van der Waals surface area contributed by atoms with Crippen LogP contribution in [0.3, 0.4) is 0 Å². The van der Waals surface area contributed by atoms with Crippen molar-refractivity contribution in [1.29, 1.82) is 0 Å². The second-order valence-corrected chi connectivity index (χ2v) is 4.62. The fraction of sp³-hybridized carbons (Fsp3) is 0.533. The van der Waals surface area contributed by atoms with Gasteiger partial charge in [-0.2, -0.15) is 0 Å². The summed E-state index contributed by atoms with van der Waals surface area (Å²) in [6.07, 6.45) is 2.89. The quantitative estimate of drug-likeness (QED) is 0.746. The summed E-state index contributed by atoms with van der Waals surface area (Å²) in [5.74, 6) is 0.326. The number of Topliss-reactive ketones (excluding diaryl/α,β-unsaturated/α-hetero) is 1. The van der Waals surface area contributed by atoms with Crippen LogP contribution in [0.5, 0.6) is 0 Å². The predicted octanol–water partition coefficient (Wildman–Crippen LogP) is 3.03. The third-order valence-electron chi connectivity index (χ3n) is 3.55. The number of ether oxygens (including phenoxy) is 1. The van der Waals surface area contributed by atoms with E-state index in [9.17, 15) is 4.79 Å². The summed E-state index contributed by atoms with van der Waals surface area (Å²) in [6, 6.07) is 6.14. The van der Waals surface area contributed by atoms with Crippen molar-refractivity contribution in [3.63, 3.8) is 0 Å². The Bertz CT molecular complexity index is 403. The van der Waals surface area contributed by atoms with Crippen LogP contribution in [0.4, 0.5) is 0 Å². The van der Waals surface area contributed by atoms with E-state index in [1.54, 1.807) is 0 Å². The van der Waals surface area contributed by atoms with Crippen molar-refractivity contribution in [3.05, 3.63) is 34.9 Å². The molecule has 2 nitrogen and oxygen atoms in total. The number of carbonyl (C=O) groups is 1. The summed E-state index contributed by atoms with van der Waals surface area (Å²) >= 11 is 0. The Balaban J connectivity index is 2.23. The minimum absolute atomic E-state index is 0.0761. The van der Waals surface area contributed by atoms with Gasteiger partial charge in [0.15, 0.2) is 5.78 Å². The molecule has 92 valence electrons. The topological polar surface area (TPSA) is 26.3 Å². The van der Waals surface area contributed by atoms with E-state index in [1.807, 2.05) is 6.07 Å². The van der Waals surface area contributed by atoms with Crippen LogP contribution in [-0.4, -0.2) is 19.0 Å². The van der Waals surface area contributed by atoms with E-state index in [0.29, 0.717) is 6.61 Å². The Hall–Kier alpha value is -1.15. The Labute approximate surface area is 103 Å². The number of carbonyl (C=O) groups excluding carboxylic acids is 1. The smallest absolute Gasteiger partial charge is 0.168 e. The maximum Gasteiger partial charge on any atom is 0.168 e. The summed E-state index contributed by atoms with van der Waals surface area (Å²) in [5.41, 5.74) is 3.51. The van der Waals surface area contributed by atoms with Crippen LogP contribution in [0.25, 0.3) is 0 Å². The molecule has 1 fully saturated rings. The van der Waals surface area contributed by atoms with Crippen LogP contribution >= 0.6 is 0 Å². The minimum Gasteiger partial charge on any atom is -0.381 e. The van der Waals surface area contributed by atoms with E-state index in [0.717, 1.165) is 31.4 Å². The van der Waals surface area contributed by atoms with Crippen molar-refractivity contribution in [1.82, 2.24) is 0 Å². The molecule has 1 aromatic carbocycles. The number of aryl methyl sites for hydroxylation is 2. The van der Waals surface area contributed by atoms with E-state index in [2.05, 4.69) is 26.0 Å². The summed E-state index contributed by atoms with van der Waals surface area (Å²) in [4.78, 5) is 12.2. The van der Waals surface area contributed by atoms with Crippen LogP contribution in [-0.2, 0) is 17.6 Å². The highest BCUT2D eigenvalue weighted by atomic mass is 16.5. The van der Waals surface area contributed by atoms with Crippen molar-refractivity contribution in [2.45, 2.75) is 33.1 Å². The SMILES string of the molecule is CCc1ccc(C(=O)C2CCOC2)cc1CC. The van der Waals surface area contributed by atoms with Gasteiger partial charge in [-0.15, -0.1) is 0 Å². The highest BCUT2D eigenvalue weighted by Gasteiger charge is 2.24. The zero-order chi connectivity index (χ0) is 12.3. The molecule has 0 N–H and O–H groups in total.